The molecule has 0 spiro atoms. The van der Waals surface area contributed by atoms with Gasteiger partial charge in [-0.3, -0.25) is 4.98 Å². The average molecular weight is 450 g/mol. The van der Waals surface area contributed by atoms with Crippen molar-refractivity contribution in [1.82, 2.24) is 4.98 Å². The van der Waals surface area contributed by atoms with E-state index in [9.17, 15) is 4.79 Å². The zero-order valence-corrected chi connectivity index (χ0v) is 20.0. The van der Waals surface area contributed by atoms with Crippen molar-refractivity contribution in [1.29, 1.82) is 0 Å². The lowest BCUT2D eigenvalue weighted by molar-refractivity contribution is 0.0698. The Morgan fingerprint density at radius 3 is 2.21 bits per heavy atom. The molecule has 0 atom stereocenters. The van der Waals surface area contributed by atoms with Crippen LogP contribution in [0.4, 0.5) is 17.1 Å². The minimum absolute atomic E-state index is 0.100. The third kappa shape index (κ3) is 7.05. The molecule has 0 saturated heterocycles. The number of aliphatic hydroxyl groups excluding tert-OH is 1. The third-order valence-corrected chi connectivity index (χ3v) is 5.55. The Bertz CT molecular complexity index is 1020. The summed E-state index contributed by atoms with van der Waals surface area (Å²) in [6, 6.07) is 16.3. The Labute approximate surface area is 196 Å². The molecule has 6 nitrogen and oxygen atoms in total. The van der Waals surface area contributed by atoms with Crippen molar-refractivity contribution in [3.63, 3.8) is 0 Å². The maximum Gasteiger partial charge on any atom is 0.337 e. The van der Waals surface area contributed by atoms with E-state index in [0.717, 1.165) is 11.3 Å². The zero-order valence-electron chi connectivity index (χ0n) is 20.0. The number of carboxylic acids is 1. The van der Waals surface area contributed by atoms with Gasteiger partial charge in [0.25, 0.3) is 0 Å². The van der Waals surface area contributed by atoms with Crippen molar-refractivity contribution >= 4 is 23.0 Å². The van der Waals surface area contributed by atoms with E-state index in [-0.39, 0.29) is 12.2 Å². The molecule has 4 rings (SSSR count). The van der Waals surface area contributed by atoms with E-state index < -0.39 is 5.97 Å². The first-order valence-electron chi connectivity index (χ1n) is 11.4. The standard InChI is InChI=1S/C18H21NO.C7H8N2O2.C2H6/c1-19(17-9-6-14(13-20)7-10-17)18-11-8-15-4-2-3-5-16(15)12-18;1-8-6-4-9-3-2-5(6)7(10)11;1-2/h6-12,20H,2-5,13H2,1H3;2-4,8H,1H3,(H,10,11);1-2H3. The highest BCUT2D eigenvalue weighted by molar-refractivity contribution is 5.93. The molecule has 1 aromatic heterocycles. The van der Waals surface area contributed by atoms with E-state index in [1.165, 1.54) is 61.0 Å². The molecule has 6 heteroatoms. The molecule has 2 aromatic carbocycles. The van der Waals surface area contributed by atoms with Gasteiger partial charge in [-0.05, 0) is 72.7 Å². The van der Waals surface area contributed by atoms with Crippen LogP contribution in [0.1, 0.15) is 53.7 Å². The van der Waals surface area contributed by atoms with Gasteiger partial charge in [0.05, 0.1) is 24.1 Å². The molecule has 33 heavy (non-hydrogen) atoms. The molecular formula is C27H35N3O3. The molecule has 1 heterocycles. The Balaban J connectivity index is 0.000000252. The van der Waals surface area contributed by atoms with Crippen molar-refractivity contribution in [3.05, 3.63) is 83.2 Å². The highest BCUT2D eigenvalue weighted by Crippen LogP contribution is 2.29. The van der Waals surface area contributed by atoms with Crippen molar-refractivity contribution < 1.29 is 15.0 Å². The van der Waals surface area contributed by atoms with Gasteiger partial charge >= 0.3 is 5.97 Å². The van der Waals surface area contributed by atoms with Crippen LogP contribution in [0.25, 0.3) is 0 Å². The molecule has 0 aliphatic heterocycles. The van der Waals surface area contributed by atoms with Crippen LogP contribution < -0.4 is 10.2 Å². The molecule has 1 aliphatic carbocycles. The number of benzene rings is 2. The van der Waals surface area contributed by atoms with Gasteiger partial charge in [0.15, 0.2) is 0 Å². The zero-order chi connectivity index (χ0) is 24.2. The van der Waals surface area contributed by atoms with Gasteiger partial charge in [0, 0.05) is 31.7 Å². The molecular weight excluding hydrogens is 414 g/mol. The largest absolute Gasteiger partial charge is 0.478 e. The number of nitrogens with one attached hydrogen (secondary N) is 1. The van der Waals surface area contributed by atoms with Crippen molar-refractivity contribution in [3.8, 4) is 0 Å². The number of aromatic nitrogens is 1. The quantitative estimate of drug-likeness (QED) is 0.465. The number of aliphatic hydroxyl groups is 1. The van der Waals surface area contributed by atoms with Crippen LogP contribution in [-0.2, 0) is 19.4 Å². The first-order chi connectivity index (χ1) is 16.0. The molecule has 176 valence electrons. The molecule has 0 unspecified atom stereocenters. The number of fused-ring (bicyclic) bond motifs is 1. The minimum atomic E-state index is -0.947. The van der Waals surface area contributed by atoms with Crippen molar-refractivity contribution in [2.75, 3.05) is 24.3 Å². The number of carboxylic acid groups (broad SMARTS) is 1. The molecule has 0 amide bonds. The number of aromatic carboxylic acids is 1. The Hall–Kier alpha value is -3.38. The summed E-state index contributed by atoms with van der Waals surface area (Å²) >= 11 is 0. The number of rotatable bonds is 5. The maximum atomic E-state index is 10.5. The molecule has 0 bridgehead atoms. The van der Waals surface area contributed by atoms with Gasteiger partial charge in [-0.1, -0.05) is 32.0 Å². The highest BCUT2D eigenvalue weighted by Gasteiger charge is 2.12. The van der Waals surface area contributed by atoms with E-state index in [1.807, 2.05) is 26.0 Å². The molecule has 0 fully saturated rings. The molecule has 3 N–H and O–H groups in total. The van der Waals surface area contributed by atoms with Gasteiger partial charge in [-0.2, -0.15) is 0 Å². The summed E-state index contributed by atoms with van der Waals surface area (Å²) < 4.78 is 0. The number of aryl methyl sites for hydroxylation is 2. The van der Waals surface area contributed by atoms with Gasteiger partial charge in [0.1, 0.15) is 0 Å². The second-order valence-electron chi connectivity index (χ2n) is 7.52. The summed E-state index contributed by atoms with van der Waals surface area (Å²) in [7, 11) is 3.75. The van der Waals surface area contributed by atoms with Gasteiger partial charge < -0.3 is 20.4 Å². The van der Waals surface area contributed by atoms with Crippen LogP contribution in [0.3, 0.4) is 0 Å². The van der Waals surface area contributed by atoms with Crippen LogP contribution in [0.5, 0.6) is 0 Å². The lowest BCUT2D eigenvalue weighted by Crippen LogP contribution is -2.11. The molecule has 1 aliphatic rings. The summed E-state index contributed by atoms with van der Waals surface area (Å²) in [6.07, 6.45) is 7.99. The summed E-state index contributed by atoms with van der Waals surface area (Å²) in [5, 5.41) is 20.5. The summed E-state index contributed by atoms with van der Waals surface area (Å²) in [4.78, 5) is 16.5. The van der Waals surface area contributed by atoms with E-state index in [4.69, 9.17) is 10.2 Å². The lowest BCUT2D eigenvalue weighted by atomic mass is 9.91. The van der Waals surface area contributed by atoms with Crippen molar-refractivity contribution in [2.24, 2.45) is 0 Å². The van der Waals surface area contributed by atoms with E-state index in [2.05, 4.69) is 52.6 Å². The first-order valence-corrected chi connectivity index (χ1v) is 11.4. The second-order valence-corrected chi connectivity index (χ2v) is 7.52. The van der Waals surface area contributed by atoms with E-state index in [0.29, 0.717) is 5.69 Å². The first kappa shape index (κ1) is 25.9. The Morgan fingerprint density at radius 2 is 1.64 bits per heavy atom. The van der Waals surface area contributed by atoms with E-state index in [1.54, 1.807) is 7.05 Å². The van der Waals surface area contributed by atoms with E-state index >= 15 is 0 Å². The number of nitrogens with zero attached hydrogens (tertiary/aromatic N) is 2. The van der Waals surface area contributed by atoms with Gasteiger partial charge in [-0.15, -0.1) is 0 Å². The lowest BCUT2D eigenvalue weighted by Gasteiger charge is -2.23. The summed E-state index contributed by atoms with van der Waals surface area (Å²) in [5.74, 6) is -0.947. The summed E-state index contributed by atoms with van der Waals surface area (Å²) in [5.41, 5.74) is 7.13. The fraction of sp³-hybridized carbons (Fsp3) is 0.333. The van der Waals surface area contributed by atoms with Crippen LogP contribution >= 0.6 is 0 Å². The molecule has 0 saturated carbocycles. The van der Waals surface area contributed by atoms with Crippen LogP contribution in [-0.4, -0.2) is 35.3 Å². The number of anilines is 3. The average Bonchev–Trinajstić information content (AvgIpc) is 2.89. The molecule has 3 aromatic rings. The Morgan fingerprint density at radius 1 is 1.00 bits per heavy atom. The SMILES string of the molecule is CC.CN(c1ccc(CO)cc1)c1ccc2c(c1)CCCC2.CNc1cnccc1C(=O)O. The highest BCUT2D eigenvalue weighted by atomic mass is 16.4. The van der Waals surface area contributed by atoms with Crippen LogP contribution in [0, 0.1) is 0 Å². The smallest absolute Gasteiger partial charge is 0.337 e. The monoisotopic (exact) mass is 449 g/mol. The topological polar surface area (TPSA) is 85.7 Å². The number of hydrogen-bond acceptors (Lipinski definition) is 5. The predicted molar refractivity (Wildman–Crippen MR) is 136 cm³/mol. The number of carbonyl (C=O) groups is 1. The molecule has 0 radical (unpaired) electrons. The van der Waals surface area contributed by atoms with Gasteiger partial charge in [0.2, 0.25) is 0 Å². The third-order valence-electron chi connectivity index (χ3n) is 5.55. The van der Waals surface area contributed by atoms with Gasteiger partial charge in [-0.25, -0.2) is 4.79 Å². The second kappa shape index (κ2) is 13.2. The Kier molecular flexibility index (Phi) is 10.4. The maximum absolute atomic E-state index is 10.5. The fourth-order valence-electron chi connectivity index (χ4n) is 3.68. The minimum Gasteiger partial charge on any atom is -0.478 e. The normalized spacial score (nSPS) is 11.7. The number of hydrogen-bond donors (Lipinski definition) is 3. The van der Waals surface area contributed by atoms with Crippen LogP contribution in [0.2, 0.25) is 0 Å². The summed E-state index contributed by atoms with van der Waals surface area (Å²) in [6.45, 7) is 4.10. The van der Waals surface area contributed by atoms with Crippen LogP contribution in [0.15, 0.2) is 60.9 Å². The fourth-order valence-corrected chi connectivity index (χ4v) is 3.68. The predicted octanol–water partition coefficient (Wildman–Crippen LogP) is 5.67. The van der Waals surface area contributed by atoms with Crippen molar-refractivity contribution in [2.45, 2.75) is 46.1 Å². The number of pyridine rings is 1.